The van der Waals surface area contributed by atoms with Crippen molar-refractivity contribution in [2.24, 2.45) is 0 Å². The molecule has 108 valence electrons. The molecule has 0 aliphatic heterocycles. The molecule has 1 heterocycles. The molecule has 0 spiro atoms. The largest absolute Gasteiger partial charge is 0.383 e. The number of benzene rings is 1. The van der Waals surface area contributed by atoms with E-state index in [9.17, 15) is 0 Å². The Morgan fingerprint density at radius 2 is 2.05 bits per heavy atom. The summed E-state index contributed by atoms with van der Waals surface area (Å²) in [5.41, 5.74) is 1.85. The van der Waals surface area contributed by atoms with Crippen molar-refractivity contribution >= 4 is 17.3 Å². The molecule has 0 fully saturated rings. The van der Waals surface area contributed by atoms with Gasteiger partial charge in [-0.05, 0) is 49.4 Å². The second-order valence-electron chi connectivity index (χ2n) is 5.52. The van der Waals surface area contributed by atoms with Crippen LogP contribution in [0.2, 0.25) is 5.02 Å². The Hall–Kier alpha value is -1.66. The van der Waals surface area contributed by atoms with Crippen LogP contribution in [0.25, 0.3) is 5.69 Å². The van der Waals surface area contributed by atoms with Crippen LogP contribution in [-0.4, -0.2) is 38.8 Å². The zero-order chi connectivity index (χ0) is 14.6. The fraction of sp³-hybridized carbons (Fsp3) is 0.462. The van der Waals surface area contributed by atoms with Crippen molar-refractivity contribution in [3.05, 3.63) is 29.5 Å². The van der Waals surface area contributed by atoms with Crippen molar-refractivity contribution in [2.75, 3.05) is 18.4 Å². The summed E-state index contributed by atoms with van der Waals surface area (Å²) in [4.78, 5) is 0. The van der Waals surface area contributed by atoms with E-state index in [1.165, 1.54) is 0 Å². The van der Waals surface area contributed by atoms with Gasteiger partial charge in [0.15, 0.2) is 0 Å². The van der Waals surface area contributed by atoms with Crippen molar-refractivity contribution in [1.29, 1.82) is 0 Å². The van der Waals surface area contributed by atoms with Crippen LogP contribution in [0.1, 0.15) is 20.8 Å². The fourth-order valence-electron chi connectivity index (χ4n) is 1.71. The predicted molar refractivity (Wildman–Crippen MR) is 80.4 cm³/mol. The number of hydrogen-bond acceptors (Lipinski definition) is 5. The SMILES string of the molecule is CC(C)(C)NCCNc1cc(-n2cnnn2)ccc1Cl. The van der Waals surface area contributed by atoms with E-state index < -0.39 is 0 Å². The first kappa shape index (κ1) is 14.7. The molecule has 2 aromatic rings. The zero-order valence-corrected chi connectivity index (χ0v) is 12.6. The second kappa shape index (κ2) is 6.19. The third kappa shape index (κ3) is 4.18. The number of nitrogens with zero attached hydrogens (tertiary/aromatic N) is 4. The van der Waals surface area contributed by atoms with Crippen LogP contribution in [-0.2, 0) is 0 Å². The number of hydrogen-bond donors (Lipinski definition) is 2. The van der Waals surface area contributed by atoms with Crippen molar-refractivity contribution < 1.29 is 0 Å². The van der Waals surface area contributed by atoms with E-state index in [-0.39, 0.29) is 5.54 Å². The van der Waals surface area contributed by atoms with E-state index >= 15 is 0 Å². The Balaban J connectivity index is 1.99. The predicted octanol–water partition coefficient (Wildman–Crippen LogP) is 2.12. The maximum absolute atomic E-state index is 6.18. The fourth-order valence-corrected chi connectivity index (χ4v) is 1.89. The van der Waals surface area contributed by atoms with E-state index in [1.54, 1.807) is 11.0 Å². The van der Waals surface area contributed by atoms with Gasteiger partial charge in [0.2, 0.25) is 0 Å². The van der Waals surface area contributed by atoms with E-state index in [2.05, 4.69) is 46.9 Å². The van der Waals surface area contributed by atoms with Crippen LogP contribution in [0.3, 0.4) is 0 Å². The minimum absolute atomic E-state index is 0.111. The first-order valence-electron chi connectivity index (χ1n) is 6.47. The molecule has 0 unspecified atom stereocenters. The highest BCUT2D eigenvalue weighted by atomic mass is 35.5. The Kier molecular flexibility index (Phi) is 4.57. The van der Waals surface area contributed by atoms with Gasteiger partial charge in [-0.25, -0.2) is 4.68 Å². The lowest BCUT2D eigenvalue weighted by Gasteiger charge is -2.21. The molecule has 0 amide bonds. The lowest BCUT2D eigenvalue weighted by Crippen LogP contribution is -2.38. The summed E-state index contributed by atoms with van der Waals surface area (Å²) in [5, 5.41) is 18.5. The smallest absolute Gasteiger partial charge is 0.143 e. The number of halogens is 1. The summed E-state index contributed by atoms with van der Waals surface area (Å²) in [7, 11) is 0. The van der Waals surface area contributed by atoms with Gasteiger partial charge >= 0.3 is 0 Å². The molecule has 1 aromatic carbocycles. The van der Waals surface area contributed by atoms with Gasteiger partial charge in [0.05, 0.1) is 16.4 Å². The second-order valence-corrected chi connectivity index (χ2v) is 5.93. The molecule has 0 aliphatic rings. The molecule has 0 aliphatic carbocycles. The van der Waals surface area contributed by atoms with Crippen LogP contribution in [0.4, 0.5) is 5.69 Å². The summed E-state index contributed by atoms with van der Waals surface area (Å²) < 4.78 is 1.59. The molecule has 20 heavy (non-hydrogen) atoms. The van der Waals surface area contributed by atoms with Crippen LogP contribution in [0, 0.1) is 0 Å². The Morgan fingerprint density at radius 3 is 2.70 bits per heavy atom. The van der Waals surface area contributed by atoms with Gasteiger partial charge in [0.1, 0.15) is 6.33 Å². The average molecular weight is 295 g/mol. The standard InChI is InChI=1S/C13H19ClN6/c1-13(2,3)16-7-6-15-12-8-10(4-5-11(12)14)20-9-17-18-19-20/h4-5,8-9,15-16H,6-7H2,1-3H3. The summed E-state index contributed by atoms with van der Waals surface area (Å²) >= 11 is 6.18. The van der Waals surface area contributed by atoms with E-state index in [0.29, 0.717) is 5.02 Å². The number of aromatic nitrogens is 4. The van der Waals surface area contributed by atoms with E-state index in [1.807, 2.05) is 18.2 Å². The van der Waals surface area contributed by atoms with Crippen molar-refractivity contribution in [1.82, 2.24) is 25.5 Å². The molecule has 0 radical (unpaired) electrons. The number of nitrogens with one attached hydrogen (secondary N) is 2. The maximum Gasteiger partial charge on any atom is 0.143 e. The number of anilines is 1. The molecular weight excluding hydrogens is 276 g/mol. The minimum atomic E-state index is 0.111. The number of tetrazole rings is 1. The third-order valence-electron chi connectivity index (χ3n) is 2.66. The van der Waals surface area contributed by atoms with Crippen molar-refractivity contribution in [2.45, 2.75) is 26.3 Å². The van der Waals surface area contributed by atoms with Crippen LogP contribution < -0.4 is 10.6 Å². The third-order valence-corrected chi connectivity index (χ3v) is 2.99. The Labute approximate surface area is 123 Å². The van der Waals surface area contributed by atoms with Crippen LogP contribution in [0.15, 0.2) is 24.5 Å². The van der Waals surface area contributed by atoms with Gasteiger partial charge in [-0.2, -0.15) is 0 Å². The van der Waals surface area contributed by atoms with E-state index in [0.717, 1.165) is 24.5 Å². The Bertz CT molecular complexity index is 546. The topological polar surface area (TPSA) is 67.7 Å². The highest BCUT2D eigenvalue weighted by Crippen LogP contribution is 2.24. The van der Waals surface area contributed by atoms with Crippen LogP contribution in [0.5, 0.6) is 0 Å². The molecule has 1 aromatic heterocycles. The van der Waals surface area contributed by atoms with Gasteiger partial charge in [0, 0.05) is 18.6 Å². The zero-order valence-electron chi connectivity index (χ0n) is 11.9. The lowest BCUT2D eigenvalue weighted by atomic mass is 10.1. The minimum Gasteiger partial charge on any atom is -0.383 e. The first-order valence-corrected chi connectivity index (χ1v) is 6.85. The highest BCUT2D eigenvalue weighted by Gasteiger charge is 2.08. The van der Waals surface area contributed by atoms with Gasteiger partial charge < -0.3 is 10.6 Å². The Morgan fingerprint density at radius 1 is 1.25 bits per heavy atom. The van der Waals surface area contributed by atoms with Gasteiger partial charge in [-0.15, -0.1) is 5.10 Å². The molecule has 0 saturated heterocycles. The van der Waals surface area contributed by atoms with E-state index in [4.69, 9.17) is 11.6 Å². The molecule has 7 heteroatoms. The van der Waals surface area contributed by atoms with Crippen molar-refractivity contribution in [3.63, 3.8) is 0 Å². The monoisotopic (exact) mass is 294 g/mol. The van der Waals surface area contributed by atoms with Crippen LogP contribution >= 0.6 is 11.6 Å². The quantitative estimate of drug-likeness (QED) is 0.827. The van der Waals surface area contributed by atoms with Gasteiger partial charge in [0.25, 0.3) is 0 Å². The lowest BCUT2D eigenvalue weighted by molar-refractivity contribution is 0.435. The molecular formula is C13H19ClN6. The summed E-state index contributed by atoms with van der Waals surface area (Å²) in [6.45, 7) is 8.06. The van der Waals surface area contributed by atoms with Gasteiger partial charge in [-0.3, -0.25) is 0 Å². The number of rotatable bonds is 5. The first-order chi connectivity index (χ1) is 9.46. The summed E-state index contributed by atoms with van der Waals surface area (Å²) in [6, 6.07) is 5.63. The molecule has 0 atom stereocenters. The summed E-state index contributed by atoms with van der Waals surface area (Å²) in [6.07, 6.45) is 1.55. The van der Waals surface area contributed by atoms with Crippen molar-refractivity contribution in [3.8, 4) is 5.69 Å². The average Bonchev–Trinajstić information content (AvgIpc) is 2.89. The maximum atomic E-state index is 6.18. The normalized spacial score (nSPS) is 11.6. The summed E-state index contributed by atoms with van der Waals surface area (Å²) in [5.74, 6) is 0. The molecule has 2 N–H and O–H groups in total. The molecule has 0 bridgehead atoms. The highest BCUT2D eigenvalue weighted by molar-refractivity contribution is 6.33. The molecule has 6 nitrogen and oxygen atoms in total. The van der Waals surface area contributed by atoms with Gasteiger partial charge in [-0.1, -0.05) is 11.6 Å². The molecule has 0 saturated carbocycles. The molecule has 2 rings (SSSR count).